The summed E-state index contributed by atoms with van der Waals surface area (Å²) >= 11 is 1.91. The molecule has 0 aliphatic rings. The normalized spacial score (nSPS) is 12.6. The van der Waals surface area contributed by atoms with Gasteiger partial charge in [0, 0.05) is 10.6 Å². The van der Waals surface area contributed by atoms with Crippen molar-refractivity contribution in [3.05, 3.63) is 65.3 Å². The lowest BCUT2D eigenvalue weighted by molar-refractivity contribution is 1.02. The highest BCUT2D eigenvalue weighted by molar-refractivity contribution is 7.99. The fraction of sp³-hybridized carbons (Fsp3) is 0.368. The van der Waals surface area contributed by atoms with Crippen LogP contribution in [-0.2, 0) is 12.8 Å². The SMILES string of the molecule is C=C/C(C)=C\C=C(/C)CSc1ccc(CC)c(CC)c1. The molecule has 1 aromatic rings. The molecule has 0 saturated carbocycles. The van der Waals surface area contributed by atoms with E-state index >= 15 is 0 Å². The van der Waals surface area contributed by atoms with E-state index in [2.05, 4.69) is 64.6 Å². The minimum Gasteiger partial charge on any atom is -0.122 e. The van der Waals surface area contributed by atoms with Gasteiger partial charge in [-0.15, -0.1) is 11.8 Å². The average Bonchev–Trinajstić information content (AvgIpc) is 2.49. The molecule has 0 atom stereocenters. The number of allylic oxidation sites excluding steroid dienone is 4. The van der Waals surface area contributed by atoms with Crippen LogP contribution in [0.25, 0.3) is 0 Å². The molecule has 0 unspecified atom stereocenters. The van der Waals surface area contributed by atoms with E-state index in [0.717, 1.165) is 18.6 Å². The van der Waals surface area contributed by atoms with E-state index in [0.29, 0.717) is 0 Å². The molecular formula is C19H26S. The van der Waals surface area contributed by atoms with Gasteiger partial charge < -0.3 is 0 Å². The number of aryl methyl sites for hydroxylation is 2. The van der Waals surface area contributed by atoms with Crippen LogP contribution in [-0.4, -0.2) is 5.75 Å². The first-order valence-electron chi connectivity index (χ1n) is 7.31. The summed E-state index contributed by atoms with van der Waals surface area (Å²) in [6.07, 6.45) is 8.44. The van der Waals surface area contributed by atoms with Crippen molar-refractivity contribution in [3.8, 4) is 0 Å². The Morgan fingerprint density at radius 3 is 2.40 bits per heavy atom. The molecule has 0 saturated heterocycles. The van der Waals surface area contributed by atoms with E-state index in [-0.39, 0.29) is 0 Å². The van der Waals surface area contributed by atoms with E-state index in [4.69, 9.17) is 0 Å². The van der Waals surface area contributed by atoms with Crippen LogP contribution in [0.4, 0.5) is 0 Å². The van der Waals surface area contributed by atoms with Gasteiger partial charge in [0.05, 0.1) is 0 Å². The molecule has 0 radical (unpaired) electrons. The van der Waals surface area contributed by atoms with Crippen molar-refractivity contribution >= 4 is 11.8 Å². The second-order valence-corrected chi connectivity index (χ2v) is 6.10. The van der Waals surface area contributed by atoms with E-state index in [1.165, 1.54) is 27.2 Å². The molecule has 0 N–H and O–H groups in total. The third-order valence-electron chi connectivity index (χ3n) is 3.36. The summed E-state index contributed by atoms with van der Waals surface area (Å²) in [6, 6.07) is 6.88. The maximum atomic E-state index is 3.76. The Balaban J connectivity index is 2.68. The molecule has 0 spiro atoms. The lowest BCUT2D eigenvalue weighted by atomic mass is 10.0. The molecule has 0 fully saturated rings. The van der Waals surface area contributed by atoms with E-state index in [1.807, 2.05) is 17.8 Å². The van der Waals surface area contributed by atoms with Crippen LogP contribution in [0, 0.1) is 0 Å². The molecular weight excluding hydrogens is 260 g/mol. The maximum Gasteiger partial charge on any atom is 0.0191 e. The van der Waals surface area contributed by atoms with Gasteiger partial charge in [-0.25, -0.2) is 0 Å². The van der Waals surface area contributed by atoms with Crippen LogP contribution >= 0.6 is 11.8 Å². The molecule has 1 aromatic carbocycles. The number of hydrogen-bond donors (Lipinski definition) is 0. The van der Waals surface area contributed by atoms with E-state index < -0.39 is 0 Å². The van der Waals surface area contributed by atoms with Crippen LogP contribution < -0.4 is 0 Å². The van der Waals surface area contributed by atoms with Crippen molar-refractivity contribution in [2.24, 2.45) is 0 Å². The highest BCUT2D eigenvalue weighted by atomic mass is 32.2. The zero-order valence-corrected chi connectivity index (χ0v) is 14.0. The number of thioether (sulfide) groups is 1. The predicted molar refractivity (Wildman–Crippen MR) is 93.6 cm³/mol. The first-order valence-corrected chi connectivity index (χ1v) is 8.30. The fourth-order valence-electron chi connectivity index (χ4n) is 1.95. The molecule has 0 nitrogen and oxygen atoms in total. The number of rotatable bonds is 7. The van der Waals surface area contributed by atoms with Gasteiger partial charge in [0.1, 0.15) is 0 Å². The maximum absolute atomic E-state index is 3.76. The molecule has 1 rings (SSSR count). The lowest BCUT2D eigenvalue weighted by Gasteiger charge is -2.09. The summed E-state index contributed by atoms with van der Waals surface area (Å²) in [7, 11) is 0. The van der Waals surface area contributed by atoms with Gasteiger partial charge in [-0.2, -0.15) is 0 Å². The summed E-state index contributed by atoms with van der Waals surface area (Å²) in [5.41, 5.74) is 5.55. The standard InChI is InChI=1S/C19H26S/c1-6-15(4)9-10-16(5)14-20-19-12-11-17(7-2)18(8-3)13-19/h6,9-13H,1,7-8,14H2,2-5H3/b15-9-,16-10+. The summed E-state index contributed by atoms with van der Waals surface area (Å²) in [4.78, 5) is 1.37. The van der Waals surface area contributed by atoms with Crippen molar-refractivity contribution in [1.29, 1.82) is 0 Å². The molecule has 0 aromatic heterocycles. The monoisotopic (exact) mass is 286 g/mol. The molecule has 0 amide bonds. The van der Waals surface area contributed by atoms with Gasteiger partial charge in [-0.1, -0.05) is 55.9 Å². The van der Waals surface area contributed by atoms with Gasteiger partial charge in [0.2, 0.25) is 0 Å². The molecule has 0 aliphatic carbocycles. The van der Waals surface area contributed by atoms with Crippen LogP contribution in [0.5, 0.6) is 0 Å². The Labute approximate surface area is 128 Å². The second kappa shape index (κ2) is 8.86. The van der Waals surface area contributed by atoms with Gasteiger partial charge in [0.25, 0.3) is 0 Å². The molecule has 0 aliphatic heterocycles. The minimum absolute atomic E-state index is 1.04. The molecule has 108 valence electrons. The van der Waals surface area contributed by atoms with Crippen LogP contribution in [0.1, 0.15) is 38.8 Å². The van der Waals surface area contributed by atoms with Gasteiger partial charge in [-0.3, -0.25) is 0 Å². The Morgan fingerprint density at radius 2 is 1.80 bits per heavy atom. The smallest absolute Gasteiger partial charge is 0.0191 e. The fourth-order valence-corrected chi connectivity index (χ4v) is 2.83. The lowest BCUT2D eigenvalue weighted by Crippen LogP contribution is -1.91. The average molecular weight is 286 g/mol. The number of benzene rings is 1. The van der Waals surface area contributed by atoms with Crippen molar-refractivity contribution in [3.63, 3.8) is 0 Å². The topological polar surface area (TPSA) is 0 Å². The van der Waals surface area contributed by atoms with Crippen LogP contribution in [0.2, 0.25) is 0 Å². The minimum atomic E-state index is 1.04. The summed E-state index contributed by atoms with van der Waals surface area (Å²) < 4.78 is 0. The Morgan fingerprint density at radius 1 is 1.10 bits per heavy atom. The van der Waals surface area contributed by atoms with Crippen molar-refractivity contribution < 1.29 is 0 Å². The second-order valence-electron chi connectivity index (χ2n) is 5.05. The first-order chi connectivity index (χ1) is 9.60. The Hall–Kier alpha value is -1.21. The third kappa shape index (κ3) is 5.42. The quantitative estimate of drug-likeness (QED) is 0.439. The predicted octanol–water partition coefficient (Wildman–Crippen LogP) is 5.98. The van der Waals surface area contributed by atoms with E-state index in [9.17, 15) is 0 Å². The highest BCUT2D eigenvalue weighted by Crippen LogP contribution is 2.24. The molecule has 0 heterocycles. The van der Waals surface area contributed by atoms with Gasteiger partial charge in [0.15, 0.2) is 0 Å². The molecule has 0 bridgehead atoms. The Kier molecular flexibility index (Phi) is 7.46. The third-order valence-corrected chi connectivity index (χ3v) is 4.55. The Bertz CT molecular complexity index is 506. The van der Waals surface area contributed by atoms with Crippen molar-refractivity contribution in [1.82, 2.24) is 0 Å². The van der Waals surface area contributed by atoms with Gasteiger partial charge >= 0.3 is 0 Å². The molecule has 1 heteroatoms. The van der Waals surface area contributed by atoms with Crippen molar-refractivity contribution in [2.45, 2.75) is 45.4 Å². The molecule has 20 heavy (non-hydrogen) atoms. The van der Waals surface area contributed by atoms with Crippen LogP contribution in [0.3, 0.4) is 0 Å². The van der Waals surface area contributed by atoms with Crippen molar-refractivity contribution in [2.75, 3.05) is 5.75 Å². The highest BCUT2D eigenvalue weighted by Gasteiger charge is 2.01. The van der Waals surface area contributed by atoms with Gasteiger partial charge in [-0.05, 0) is 49.9 Å². The largest absolute Gasteiger partial charge is 0.122 e. The number of hydrogen-bond acceptors (Lipinski definition) is 1. The zero-order valence-electron chi connectivity index (χ0n) is 13.2. The summed E-state index contributed by atoms with van der Waals surface area (Å²) in [5.74, 6) is 1.04. The zero-order chi connectivity index (χ0) is 15.0. The first kappa shape index (κ1) is 16.8. The summed E-state index contributed by atoms with van der Waals surface area (Å²) in [5, 5.41) is 0. The summed E-state index contributed by atoms with van der Waals surface area (Å²) in [6.45, 7) is 12.5. The van der Waals surface area contributed by atoms with Crippen LogP contribution in [0.15, 0.2) is 59.0 Å². The van der Waals surface area contributed by atoms with E-state index in [1.54, 1.807) is 0 Å².